The molecule has 0 bridgehead atoms. The SMILES string of the molecule is CCOC(=O)c1oc2c(c1C)/C(=N/NC(=O)c1cccc(C)c1)CCC2. The highest BCUT2D eigenvalue weighted by Gasteiger charge is 2.28. The highest BCUT2D eigenvalue weighted by molar-refractivity contribution is 6.06. The summed E-state index contributed by atoms with van der Waals surface area (Å²) < 4.78 is 10.8. The van der Waals surface area contributed by atoms with Crippen LogP contribution in [-0.4, -0.2) is 24.2 Å². The summed E-state index contributed by atoms with van der Waals surface area (Å²) in [4.78, 5) is 24.4. The van der Waals surface area contributed by atoms with E-state index in [0.717, 1.165) is 35.4 Å². The van der Waals surface area contributed by atoms with Crippen LogP contribution in [-0.2, 0) is 11.2 Å². The van der Waals surface area contributed by atoms with Crippen LogP contribution < -0.4 is 5.43 Å². The van der Waals surface area contributed by atoms with Gasteiger partial charge in [-0.2, -0.15) is 5.10 Å². The van der Waals surface area contributed by atoms with Crippen LogP contribution in [0.25, 0.3) is 0 Å². The van der Waals surface area contributed by atoms with Crippen molar-refractivity contribution in [2.75, 3.05) is 6.61 Å². The first kappa shape index (κ1) is 17.9. The van der Waals surface area contributed by atoms with Crippen molar-refractivity contribution in [2.24, 2.45) is 5.10 Å². The molecule has 1 aromatic carbocycles. The number of hydrogen-bond donors (Lipinski definition) is 1. The van der Waals surface area contributed by atoms with Crippen molar-refractivity contribution in [1.29, 1.82) is 0 Å². The van der Waals surface area contributed by atoms with E-state index < -0.39 is 5.97 Å². The number of nitrogens with zero attached hydrogens (tertiary/aromatic N) is 1. The minimum Gasteiger partial charge on any atom is -0.460 e. The van der Waals surface area contributed by atoms with Crippen molar-refractivity contribution in [3.05, 3.63) is 58.0 Å². The number of fused-ring (bicyclic) bond motifs is 1. The molecule has 1 aliphatic rings. The summed E-state index contributed by atoms with van der Waals surface area (Å²) in [5.41, 5.74) is 6.43. The quantitative estimate of drug-likeness (QED) is 0.672. The maximum Gasteiger partial charge on any atom is 0.374 e. The second kappa shape index (κ2) is 7.56. The molecule has 0 radical (unpaired) electrons. The van der Waals surface area contributed by atoms with Gasteiger partial charge in [-0.1, -0.05) is 17.7 Å². The zero-order valence-corrected chi connectivity index (χ0v) is 15.2. The number of furan rings is 1. The Hall–Kier alpha value is -2.89. The number of ether oxygens (including phenoxy) is 1. The standard InChI is InChI=1S/C20H22N2O4/c1-4-25-20(24)18-13(3)17-15(9-6-10-16(17)26-18)21-22-19(23)14-8-5-7-12(2)11-14/h5,7-8,11H,4,6,9-10H2,1-3H3,(H,22,23)/b21-15+. The number of rotatable bonds is 4. The molecule has 1 N–H and O–H groups in total. The molecular weight excluding hydrogens is 332 g/mol. The molecule has 6 heteroatoms. The Morgan fingerprint density at radius 2 is 2.08 bits per heavy atom. The number of amides is 1. The van der Waals surface area contributed by atoms with Gasteiger partial charge in [0.1, 0.15) is 5.76 Å². The van der Waals surface area contributed by atoms with E-state index >= 15 is 0 Å². The highest BCUT2D eigenvalue weighted by Crippen LogP contribution is 2.30. The van der Waals surface area contributed by atoms with Crippen molar-refractivity contribution in [3.63, 3.8) is 0 Å². The number of esters is 1. The fourth-order valence-corrected chi connectivity index (χ4v) is 3.14. The summed E-state index contributed by atoms with van der Waals surface area (Å²) in [5, 5.41) is 4.31. The molecule has 1 aromatic heterocycles. The van der Waals surface area contributed by atoms with Gasteiger partial charge in [0, 0.05) is 23.1 Å². The smallest absolute Gasteiger partial charge is 0.374 e. The first-order valence-electron chi connectivity index (χ1n) is 8.74. The average Bonchev–Trinajstić information content (AvgIpc) is 2.97. The first-order valence-corrected chi connectivity index (χ1v) is 8.74. The summed E-state index contributed by atoms with van der Waals surface area (Å²) in [6, 6.07) is 7.32. The van der Waals surface area contributed by atoms with Gasteiger partial charge in [-0.05, 0) is 45.7 Å². The third kappa shape index (κ3) is 3.54. The molecule has 0 saturated heterocycles. The molecule has 0 saturated carbocycles. The van der Waals surface area contributed by atoms with Gasteiger partial charge in [0.15, 0.2) is 0 Å². The fourth-order valence-electron chi connectivity index (χ4n) is 3.14. The maximum atomic E-state index is 12.3. The zero-order chi connectivity index (χ0) is 18.7. The van der Waals surface area contributed by atoms with Crippen LogP contribution in [0, 0.1) is 13.8 Å². The van der Waals surface area contributed by atoms with E-state index in [4.69, 9.17) is 9.15 Å². The van der Waals surface area contributed by atoms with Crippen molar-refractivity contribution in [2.45, 2.75) is 40.0 Å². The monoisotopic (exact) mass is 354 g/mol. The Morgan fingerprint density at radius 1 is 1.27 bits per heavy atom. The second-order valence-corrected chi connectivity index (χ2v) is 6.30. The van der Waals surface area contributed by atoms with Crippen LogP contribution in [0.2, 0.25) is 0 Å². The summed E-state index contributed by atoms with van der Waals surface area (Å²) in [6.07, 6.45) is 2.30. The highest BCUT2D eigenvalue weighted by atomic mass is 16.5. The topological polar surface area (TPSA) is 80.9 Å². The molecule has 0 atom stereocenters. The predicted molar refractivity (Wildman–Crippen MR) is 97.5 cm³/mol. The van der Waals surface area contributed by atoms with Gasteiger partial charge in [-0.3, -0.25) is 4.79 Å². The van der Waals surface area contributed by atoms with E-state index in [2.05, 4.69) is 10.5 Å². The number of aryl methyl sites for hydroxylation is 2. The van der Waals surface area contributed by atoms with Gasteiger partial charge in [0.2, 0.25) is 5.76 Å². The largest absolute Gasteiger partial charge is 0.460 e. The number of carbonyl (C=O) groups is 2. The third-order valence-corrected chi connectivity index (χ3v) is 4.36. The van der Waals surface area contributed by atoms with E-state index in [0.29, 0.717) is 17.5 Å². The molecule has 26 heavy (non-hydrogen) atoms. The van der Waals surface area contributed by atoms with Crippen LogP contribution in [0.3, 0.4) is 0 Å². The van der Waals surface area contributed by atoms with E-state index in [1.54, 1.807) is 13.0 Å². The number of hydrogen-bond acceptors (Lipinski definition) is 5. The van der Waals surface area contributed by atoms with Crippen molar-refractivity contribution >= 4 is 17.6 Å². The van der Waals surface area contributed by atoms with Gasteiger partial charge >= 0.3 is 5.97 Å². The van der Waals surface area contributed by atoms with Crippen LogP contribution in [0.1, 0.15) is 63.1 Å². The summed E-state index contributed by atoms with van der Waals surface area (Å²) in [5.74, 6) is 0.208. The van der Waals surface area contributed by atoms with Crippen molar-refractivity contribution < 1.29 is 18.7 Å². The molecule has 1 heterocycles. The summed E-state index contributed by atoms with van der Waals surface area (Å²) >= 11 is 0. The Labute approximate surface area is 152 Å². The van der Waals surface area contributed by atoms with Crippen LogP contribution in [0.5, 0.6) is 0 Å². The molecule has 0 spiro atoms. The summed E-state index contributed by atoms with van der Waals surface area (Å²) in [6.45, 7) is 5.79. The minimum absolute atomic E-state index is 0.219. The van der Waals surface area contributed by atoms with Crippen LogP contribution >= 0.6 is 0 Å². The van der Waals surface area contributed by atoms with Crippen LogP contribution in [0.4, 0.5) is 0 Å². The Bertz CT molecular complexity index is 880. The van der Waals surface area contributed by atoms with Crippen LogP contribution in [0.15, 0.2) is 33.8 Å². The average molecular weight is 354 g/mol. The molecule has 0 aliphatic heterocycles. The van der Waals surface area contributed by atoms with Crippen molar-refractivity contribution in [1.82, 2.24) is 5.43 Å². The molecule has 136 valence electrons. The lowest BCUT2D eigenvalue weighted by Crippen LogP contribution is -2.22. The first-order chi connectivity index (χ1) is 12.5. The molecule has 0 unspecified atom stereocenters. The molecule has 1 amide bonds. The van der Waals surface area contributed by atoms with E-state index in [1.807, 2.05) is 32.0 Å². The lowest BCUT2D eigenvalue weighted by molar-refractivity contribution is 0.0486. The maximum absolute atomic E-state index is 12.3. The third-order valence-electron chi connectivity index (χ3n) is 4.36. The molecular formula is C20H22N2O4. The van der Waals surface area contributed by atoms with Gasteiger partial charge in [-0.15, -0.1) is 0 Å². The number of nitrogens with one attached hydrogen (secondary N) is 1. The molecule has 6 nitrogen and oxygen atoms in total. The van der Waals surface area contributed by atoms with Gasteiger partial charge in [-0.25, -0.2) is 10.2 Å². The Morgan fingerprint density at radius 3 is 2.81 bits per heavy atom. The van der Waals surface area contributed by atoms with Gasteiger partial charge in [0.25, 0.3) is 5.91 Å². The second-order valence-electron chi connectivity index (χ2n) is 6.30. The number of benzene rings is 1. The number of hydrazone groups is 1. The van der Waals surface area contributed by atoms with Gasteiger partial charge in [0.05, 0.1) is 12.3 Å². The Kier molecular flexibility index (Phi) is 5.21. The Balaban J connectivity index is 1.86. The minimum atomic E-state index is -0.470. The van der Waals surface area contributed by atoms with Gasteiger partial charge < -0.3 is 9.15 Å². The lowest BCUT2D eigenvalue weighted by Gasteiger charge is -2.13. The molecule has 0 fully saturated rings. The molecule has 3 rings (SSSR count). The van der Waals surface area contributed by atoms with E-state index in [9.17, 15) is 9.59 Å². The normalized spacial score (nSPS) is 14.8. The van der Waals surface area contributed by atoms with E-state index in [1.165, 1.54) is 0 Å². The summed E-state index contributed by atoms with van der Waals surface area (Å²) in [7, 11) is 0. The lowest BCUT2D eigenvalue weighted by atomic mass is 9.93. The fraction of sp³-hybridized carbons (Fsp3) is 0.350. The zero-order valence-electron chi connectivity index (χ0n) is 15.2. The van der Waals surface area contributed by atoms with E-state index in [-0.39, 0.29) is 18.3 Å². The number of carbonyl (C=O) groups excluding carboxylic acids is 2. The predicted octanol–water partition coefficient (Wildman–Crippen LogP) is 3.54. The molecule has 1 aliphatic carbocycles. The molecule has 2 aromatic rings. The van der Waals surface area contributed by atoms with Crippen molar-refractivity contribution in [3.8, 4) is 0 Å².